The van der Waals surface area contributed by atoms with Crippen LogP contribution in [0.2, 0.25) is 10.3 Å². The minimum Gasteiger partial charge on any atom is -0.489 e. The van der Waals surface area contributed by atoms with E-state index in [9.17, 15) is 24.4 Å². The van der Waals surface area contributed by atoms with Gasteiger partial charge in [0.2, 0.25) is 17.7 Å². The number of nitrogens with zero attached hydrogens (tertiary/aromatic N) is 2. The molecule has 0 aliphatic carbocycles. The summed E-state index contributed by atoms with van der Waals surface area (Å²) in [4.78, 5) is 56.4. The predicted molar refractivity (Wildman–Crippen MR) is 148 cm³/mol. The number of aromatic nitrogens is 1. The minimum atomic E-state index is -1.29. The number of pyridine rings is 1. The lowest BCUT2D eigenvalue weighted by atomic mass is 9.75. The Morgan fingerprint density at radius 3 is 2.35 bits per heavy atom. The maximum Gasteiger partial charge on any atom is 0.266 e. The van der Waals surface area contributed by atoms with Crippen molar-refractivity contribution in [3.05, 3.63) is 57.8 Å². The Kier molecular flexibility index (Phi) is 10.7. The molecule has 1 aliphatic rings. The van der Waals surface area contributed by atoms with Crippen molar-refractivity contribution in [2.75, 3.05) is 20.1 Å². The van der Waals surface area contributed by atoms with E-state index in [2.05, 4.69) is 15.6 Å². The summed E-state index contributed by atoms with van der Waals surface area (Å²) in [6.45, 7) is 3.96. The van der Waals surface area contributed by atoms with Gasteiger partial charge in [-0.1, -0.05) is 49.2 Å². The Bertz CT molecular complexity index is 1220. The smallest absolute Gasteiger partial charge is 0.266 e. The number of amides is 4. The van der Waals surface area contributed by atoms with E-state index in [0.29, 0.717) is 17.7 Å². The van der Waals surface area contributed by atoms with Crippen LogP contribution in [0.3, 0.4) is 0 Å². The summed E-state index contributed by atoms with van der Waals surface area (Å²) in [5.41, 5.74) is 1.66. The van der Waals surface area contributed by atoms with Crippen LogP contribution in [0.1, 0.15) is 44.2 Å². The summed E-state index contributed by atoms with van der Waals surface area (Å²) >= 11 is 11.9. The number of likely N-dealkylation sites (N-methyl/N-ethyl adjacent to an activating group) is 1. The predicted octanol–water partition coefficient (Wildman–Crippen LogP) is 2.61. The van der Waals surface area contributed by atoms with E-state index < -0.39 is 29.2 Å². The van der Waals surface area contributed by atoms with Gasteiger partial charge >= 0.3 is 0 Å². The van der Waals surface area contributed by atoms with Crippen LogP contribution in [0.15, 0.2) is 36.4 Å². The molecule has 2 atom stereocenters. The monoisotopic (exact) mass is 593 g/mol. The number of rotatable bonds is 12. The SMILES string of the molecule is CNC(=O)CNC(=O)CC1(c2ccc(OCc3cc(Cl)nc(Cl)c3)cc2)CCN(C(CC(C)C)C(=O)NO)C1=O. The van der Waals surface area contributed by atoms with E-state index in [0.717, 1.165) is 5.56 Å². The molecular formula is C27H33Cl2N5O6. The highest BCUT2D eigenvalue weighted by Crippen LogP contribution is 2.41. The Morgan fingerprint density at radius 2 is 1.77 bits per heavy atom. The highest BCUT2D eigenvalue weighted by Gasteiger charge is 2.52. The number of likely N-dealkylation sites (tertiary alicyclic amines) is 1. The molecule has 40 heavy (non-hydrogen) atoms. The van der Waals surface area contributed by atoms with Gasteiger partial charge < -0.3 is 20.3 Å². The molecule has 1 fully saturated rings. The summed E-state index contributed by atoms with van der Waals surface area (Å²) in [5, 5.41) is 14.8. The topological polar surface area (TPSA) is 150 Å². The van der Waals surface area contributed by atoms with Crippen molar-refractivity contribution in [2.24, 2.45) is 5.92 Å². The van der Waals surface area contributed by atoms with Gasteiger partial charge in [-0.2, -0.15) is 0 Å². The van der Waals surface area contributed by atoms with Gasteiger partial charge in [-0.05, 0) is 54.2 Å². The molecule has 3 rings (SSSR count). The third-order valence-electron chi connectivity index (χ3n) is 6.76. The molecule has 1 saturated heterocycles. The molecule has 2 aromatic rings. The molecule has 2 heterocycles. The van der Waals surface area contributed by atoms with Gasteiger partial charge in [0.25, 0.3) is 5.91 Å². The molecule has 0 spiro atoms. The Labute approximate surface area is 242 Å². The third kappa shape index (κ3) is 7.61. The van der Waals surface area contributed by atoms with E-state index in [1.54, 1.807) is 41.9 Å². The number of hydroxylamine groups is 1. The zero-order chi connectivity index (χ0) is 29.4. The molecule has 1 aromatic heterocycles. The van der Waals surface area contributed by atoms with Crippen molar-refractivity contribution >= 4 is 46.8 Å². The average molecular weight is 594 g/mol. The number of benzene rings is 1. The first kappa shape index (κ1) is 31.1. The van der Waals surface area contributed by atoms with Crippen molar-refractivity contribution in [2.45, 2.75) is 51.2 Å². The Balaban J connectivity index is 1.88. The van der Waals surface area contributed by atoms with Crippen molar-refractivity contribution in [1.29, 1.82) is 0 Å². The first-order chi connectivity index (χ1) is 19.0. The van der Waals surface area contributed by atoms with Crippen LogP contribution in [0, 0.1) is 5.92 Å². The summed E-state index contributed by atoms with van der Waals surface area (Å²) in [6.07, 6.45) is 0.344. The number of carbonyl (C=O) groups is 4. The van der Waals surface area contributed by atoms with Gasteiger partial charge in [0, 0.05) is 20.0 Å². The quantitative estimate of drug-likeness (QED) is 0.168. The Hall–Kier alpha value is -3.41. The van der Waals surface area contributed by atoms with E-state index >= 15 is 0 Å². The number of nitrogens with one attached hydrogen (secondary N) is 3. The fraction of sp³-hybridized carbons (Fsp3) is 0.444. The van der Waals surface area contributed by atoms with Crippen molar-refractivity contribution < 1.29 is 29.1 Å². The molecule has 216 valence electrons. The second kappa shape index (κ2) is 13.8. The standard InChI is InChI=1S/C27H33Cl2N5O6/c1-16(2)10-20(25(37)33-39)34-9-8-27(26(34)38,13-23(35)31-14-24(36)30-3)18-4-6-19(7-5-18)40-15-17-11-21(28)32-22(29)12-17/h4-7,11-12,16,20,39H,8-10,13-15H2,1-3H3,(H,30,36)(H,31,35)(H,33,37). The van der Waals surface area contributed by atoms with Crippen LogP contribution in [-0.4, -0.2) is 64.9 Å². The fourth-order valence-electron chi connectivity index (χ4n) is 4.76. The molecule has 1 aromatic carbocycles. The molecule has 0 bridgehead atoms. The van der Waals surface area contributed by atoms with Gasteiger partial charge in [-0.25, -0.2) is 10.5 Å². The molecule has 2 unspecified atom stereocenters. The maximum atomic E-state index is 14.0. The van der Waals surface area contributed by atoms with E-state index in [4.69, 9.17) is 27.9 Å². The average Bonchev–Trinajstić information content (AvgIpc) is 3.24. The minimum absolute atomic E-state index is 0.0579. The maximum absolute atomic E-state index is 14.0. The van der Waals surface area contributed by atoms with Crippen LogP contribution in [0.4, 0.5) is 0 Å². The van der Waals surface area contributed by atoms with Crippen molar-refractivity contribution in [3.8, 4) is 5.75 Å². The lowest BCUT2D eigenvalue weighted by Gasteiger charge is -2.32. The lowest BCUT2D eigenvalue weighted by molar-refractivity contribution is -0.145. The normalized spacial score (nSPS) is 17.5. The zero-order valence-electron chi connectivity index (χ0n) is 22.5. The third-order valence-corrected chi connectivity index (χ3v) is 7.14. The molecule has 11 nitrogen and oxygen atoms in total. The van der Waals surface area contributed by atoms with Crippen LogP contribution in [0.25, 0.3) is 0 Å². The first-order valence-corrected chi connectivity index (χ1v) is 13.5. The summed E-state index contributed by atoms with van der Waals surface area (Å²) in [5.74, 6) is -1.41. The van der Waals surface area contributed by atoms with Gasteiger partial charge in [0.15, 0.2) is 0 Å². The number of halogens is 2. The summed E-state index contributed by atoms with van der Waals surface area (Å²) in [6, 6.07) is 9.15. The summed E-state index contributed by atoms with van der Waals surface area (Å²) in [7, 11) is 1.46. The van der Waals surface area contributed by atoms with Gasteiger partial charge in [-0.3, -0.25) is 24.4 Å². The van der Waals surface area contributed by atoms with Gasteiger partial charge in [0.1, 0.15) is 28.7 Å². The summed E-state index contributed by atoms with van der Waals surface area (Å²) < 4.78 is 5.84. The molecule has 13 heteroatoms. The van der Waals surface area contributed by atoms with E-state index in [-0.39, 0.29) is 54.7 Å². The first-order valence-electron chi connectivity index (χ1n) is 12.8. The van der Waals surface area contributed by atoms with Crippen molar-refractivity contribution in [1.82, 2.24) is 26.0 Å². The Morgan fingerprint density at radius 1 is 1.12 bits per heavy atom. The number of ether oxygens (including phenoxy) is 1. The molecule has 1 aliphatic heterocycles. The van der Waals surface area contributed by atoms with E-state index in [1.165, 1.54) is 11.9 Å². The zero-order valence-corrected chi connectivity index (χ0v) is 24.0. The highest BCUT2D eigenvalue weighted by atomic mass is 35.5. The van der Waals surface area contributed by atoms with Gasteiger partial charge in [0.05, 0.1) is 12.0 Å². The molecule has 4 N–H and O–H groups in total. The molecule has 0 saturated carbocycles. The highest BCUT2D eigenvalue weighted by molar-refractivity contribution is 6.32. The second-order valence-electron chi connectivity index (χ2n) is 10.0. The fourth-order valence-corrected chi connectivity index (χ4v) is 5.27. The second-order valence-corrected chi connectivity index (χ2v) is 10.8. The van der Waals surface area contributed by atoms with E-state index in [1.807, 2.05) is 13.8 Å². The number of hydrogen-bond acceptors (Lipinski definition) is 7. The number of carbonyl (C=O) groups excluding carboxylic acids is 4. The largest absolute Gasteiger partial charge is 0.489 e. The molecule has 4 amide bonds. The van der Waals surface area contributed by atoms with Crippen LogP contribution in [0.5, 0.6) is 5.75 Å². The van der Waals surface area contributed by atoms with Crippen LogP contribution >= 0.6 is 23.2 Å². The van der Waals surface area contributed by atoms with Gasteiger partial charge in [-0.15, -0.1) is 0 Å². The number of hydrogen-bond donors (Lipinski definition) is 4. The van der Waals surface area contributed by atoms with Crippen LogP contribution < -0.4 is 20.9 Å². The van der Waals surface area contributed by atoms with Crippen LogP contribution in [-0.2, 0) is 31.2 Å². The lowest BCUT2D eigenvalue weighted by Crippen LogP contribution is -2.51. The van der Waals surface area contributed by atoms with Crippen molar-refractivity contribution in [3.63, 3.8) is 0 Å². The molecular weight excluding hydrogens is 561 g/mol. The molecule has 0 radical (unpaired) electrons.